The van der Waals surface area contributed by atoms with Crippen LogP contribution in [0.15, 0.2) is 35.5 Å². The molecule has 5 nitrogen and oxygen atoms in total. The standard InChI is InChI=1S/C18H25FN4OS/c1-3-16-13-23-17(25-16)8-9-21-18(20-4-2)22-10-11-24-15-7-5-6-14(19)12-15/h5-7,12-13H,3-4,8-11H2,1-2H3,(H2,20,21,22). The van der Waals surface area contributed by atoms with Gasteiger partial charge in [-0.05, 0) is 25.5 Å². The molecule has 0 fully saturated rings. The zero-order valence-corrected chi connectivity index (χ0v) is 15.5. The molecule has 0 saturated heterocycles. The molecule has 7 heteroatoms. The molecule has 0 atom stereocenters. The Labute approximate surface area is 152 Å². The van der Waals surface area contributed by atoms with Crippen LogP contribution in [0.5, 0.6) is 5.75 Å². The molecule has 0 aliphatic rings. The van der Waals surface area contributed by atoms with Crippen LogP contribution < -0.4 is 15.4 Å². The Morgan fingerprint density at radius 1 is 1.32 bits per heavy atom. The largest absolute Gasteiger partial charge is 0.492 e. The van der Waals surface area contributed by atoms with E-state index in [0.29, 0.717) is 25.4 Å². The second-order valence-corrected chi connectivity index (χ2v) is 6.52. The van der Waals surface area contributed by atoms with Gasteiger partial charge in [-0.15, -0.1) is 11.3 Å². The molecule has 2 N–H and O–H groups in total. The molecule has 1 aromatic heterocycles. The van der Waals surface area contributed by atoms with Crippen LogP contribution >= 0.6 is 11.3 Å². The summed E-state index contributed by atoms with van der Waals surface area (Å²) in [6.07, 6.45) is 3.80. The number of hydrogen-bond acceptors (Lipinski definition) is 4. The van der Waals surface area contributed by atoms with E-state index in [0.717, 1.165) is 30.4 Å². The van der Waals surface area contributed by atoms with Gasteiger partial charge in [0.25, 0.3) is 0 Å². The van der Waals surface area contributed by atoms with E-state index >= 15 is 0 Å². The summed E-state index contributed by atoms with van der Waals surface area (Å²) < 4.78 is 18.6. The first-order valence-electron chi connectivity index (χ1n) is 8.55. The molecular weight excluding hydrogens is 339 g/mol. The van der Waals surface area contributed by atoms with Gasteiger partial charge in [-0.3, -0.25) is 4.99 Å². The molecule has 25 heavy (non-hydrogen) atoms. The predicted molar refractivity (Wildman–Crippen MR) is 101 cm³/mol. The molecule has 0 saturated carbocycles. The molecule has 2 aromatic rings. The van der Waals surface area contributed by atoms with Crippen molar-refractivity contribution in [3.05, 3.63) is 46.2 Å². The first kappa shape index (κ1) is 19.2. The highest BCUT2D eigenvalue weighted by molar-refractivity contribution is 7.11. The summed E-state index contributed by atoms with van der Waals surface area (Å²) in [5, 5.41) is 7.53. The average Bonchev–Trinajstić information content (AvgIpc) is 3.07. The summed E-state index contributed by atoms with van der Waals surface area (Å²) in [6.45, 7) is 6.63. The first-order chi connectivity index (χ1) is 12.2. The molecule has 136 valence electrons. The van der Waals surface area contributed by atoms with E-state index in [1.807, 2.05) is 13.1 Å². The van der Waals surface area contributed by atoms with Gasteiger partial charge >= 0.3 is 0 Å². The van der Waals surface area contributed by atoms with Gasteiger partial charge in [-0.25, -0.2) is 9.37 Å². The van der Waals surface area contributed by atoms with Gasteiger partial charge in [-0.2, -0.15) is 0 Å². The van der Waals surface area contributed by atoms with Crippen LogP contribution in [0.4, 0.5) is 4.39 Å². The number of halogens is 1. The number of guanidine groups is 1. The summed E-state index contributed by atoms with van der Waals surface area (Å²) in [4.78, 5) is 10.3. The topological polar surface area (TPSA) is 58.5 Å². The third kappa shape index (κ3) is 7.09. The van der Waals surface area contributed by atoms with Gasteiger partial charge in [0.05, 0.1) is 11.6 Å². The van der Waals surface area contributed by atoms with Crippen molar-refractivity contribution in [2.24, 2.45) is 4.99 Å². The van der Waals surface area contributed by atoms with E-state index < -0.39 is 0 Å². The van der Waals surface area contributed by atoms with Gasteiger partial charge in [0.15, 0.2) is 5.96 Å². The molecule has 0 unspecified atom stereocenters. The Balaban J connectivity index is 1.73. The maximum Gasteiger partial charge on any atom is 0.191 e. The highest BCUT2D eigenvalue weighted by Gasteiger charge is 2.02. The fourth-order valence-electron chi connectivity index (χ4n) is 2.13. The number of nitrogens with zero attached hydrogens (tertiary/aromatic N) is 2. The number of hydrogen-bond donors (Lipinski definition) is 2. The van der Waals surface area contributed by atoms with E-state index in [-0.39, 0.29) is 5.82 Å². The van der Waals surface area contributed by atoms with Crippen molar-refractivity contribution in [3.63, 3.8) is 0 Å². The Bertz CT molecular complexity index is 675. The lowest BCUT2D eigenvalue weighted by Gasteiger charge is -2.12. The molecule has 0 radical (unpaired) electrons. The van der Waals surface area contributed by atoms with Crippen molar-refractivity contribution in [3.8, 4) is 5.75 Å². The summed E-state index contributed by atoms with van der Waals surface area (Å²) in [5.41, 5.74) is 0. The molecule has 2 rings (SSSR count). The number of aromatic nitrogens is 1. The van der Waals surface area contributed by atoms with Crippen LogP contribution in [-0.4, -0.2) is 37.2 Å². The van der Waals surface area contributed by atoms with Gasteiger partial charge in [0, 0.05) is 36.7 Å². The second-order valence-electron chi connectivity index (χ2n) is 5.32. The summed E-state index contributed by atoms with van der Waals surface area (Å²) in [7, 11) is 0. The molecule has 0 spiro atoms. The zero-order chi connectivity index (χ0) is 17.9. The lowest BCUT2D eigenvalue weighted by Crippen LogP contribution is -2.39. The maximum atomic E-state index is 13.1. The molecule has 1 aromatic carbocycles. The van der Waals surface area contributed by atoms with Gasteiger partial charge in [0.1, 0.15) is 18.2 Å². The van der Waals surface area contributed by atoms with E-state index in [2.05, 4.69) is 27.5 Å². The fourth-order valence-corrected chi connectivity index (χ4v) is 2.98. The van der Waals surface area contributed by atoms with Crippen LogP contribution in [0.1, 0.15) is 23.7 Å². The molecule has 0 aliphatic heterocycles. The van der Waals surface area contributed by atoms with Crippen LogP contribution in [0.2, 0.25) is 0 Å². The minimum Gasteiger partial charge on any atom is -0.492 e. The highest BCUT2D eigenvalue weighted by Crippen LogP contribution is 2.13. The number of ether oxygens (including phenoxy) is 1. The smallest absolute Gasteiger partial charge is 0.191 e. The Hall–Kier alpha value is -2.15. The highest BCUT2D eigenvalue weighted by atomic mass is 32.1. The van der Waals surface area contributed by atoms with Crippen LogP contribution in [-0.2, 0) is 12.8 Å². The molecule has 0 amide bonds. The summed E-state index contributed by atoms with van der Waals surface area (Å²) in [5.74, 6) is 0.977. The van der Waals surface area contributed by atoms with Crippen molar-refractivity contribution in [1.82, 2.24) is 15.6 Å². The van der Waals surface area contributed by atoms with Crippen LogP contribution in [0.3, 0.4) is 0 Å². The van der Waals surface area contributed by atoms with Crippen molar-refractivity contribution < 1.29 is 9.13 Å². The van der Waals surface area contributed by atoms with E-state index in [9.17, 15) is 4.39 Å². The normalized spacial score (nSPS) is 11.4. The number of nitrogens with one attached hydrogen (secondary N) is 2. The summed E-state index contributed by atoms with van der Waals surface area (Å²) >= 11 is 1.75. The van der Waals surface area contributed by atoms with Gasteiger partial charge < -0.3 is 15.4 Å². The number of thiazole rings is 1. The van der Waals surface area contributed by atoms with E-state index in [4.69, 9.17) is 4.74 Å². The minimum atomic E-state index is -0.297. The second kappa shape index (κ2) is 10.7. The Morgan fingerprint density at radius 2 is 2.20 bits per heavy atom. The van der Waals surface area contributed by atoms with Crippen molar-refractivity contribution in [1.29, 1.82) is 0 Å². The quantitative estimate of drug-likeness (QED) is 0.408. The third-order valence-corrected chi connectivity index (χ3v) is 4.55. The molecule has 0 aliphatic carbocycles. The van der Waals surface area contributed by atoms with Crippen LogP contribution in [0, 0.1) is 5.82 Å². The maximum absolute atomic E-state index is 13.1. The van der Waals surface area contributed by atoms with Gasteiger partial charge in [0.2, 0.25) is 0 Å². The van der Waals surface area contributed by atoms with E-state index in [1.54, 1.807) is 23.5 Å². The first-order valence-corrected chi connectivity index (χ1v) is 9.37. The number of aliphatic imine (C=N–C) groups is 1. The minimum absolute atomic E-state index is 0.297. The SMILES string of the molecule is CCNC(=NCCc1ncc(CC)s1)NCCOc1cccc(F)c1. The number of aryl methyl sites for hydroxylation is 1. The van der Waals surface area contributed by atoms with Crippen molar-refractivity contribution in [2.75, 3.05) is 26.2 Å². The average molecular weight is 364 g/mol. The molecule has 1 heterocycles. The summed E-state index contributed by atoms with van der Waals surface area (Å²) in [6, 6.07) is 6.14. The monoisotopic (exact) mass is 364 g/mol. The number of benzene rings is 1. The van der Waals surface area contributed by atoms with Gasteiger partial charge in [-0.1, -0.05) is 13.0 Å². The third-order valence-electron chi connectivity index (χ3n) is 3.35. The Kier molecular flexibility index (Phi) is 8.18. The fraction of sp³-hybridized carbons (Fsp3) is 0.444. The number of rotatable bonds is 9. The lowest BCUT2D eigenvalue weighted by atomic mass is 10.3. The predicted octanol–water partition coefficient (Wildman–Crippen LogP) is 3.02. The van der Waals surface area contributed by atoms with Crippen molar-refractivity contribution in [2.45, 2.75) is 26.7 Å². The van der Waals surface area contributed by atoms with Crippen molar-refractivity contribution >= 4 is 17.3 Å². The zero-order valence-electron chi connectivity index (χ0n) is 14.7. The Morgan fingerprint density at radius 3 is 2.92 bits per heavy atom. The molecule has 0 bridgehead atoms. The lowest BCUT2D eigenvalue weighted by molar-refractivity contribution is 0.320. The van der Waals surface area contributed by atoms with E-state index in [1.165, 1.54) is 17.0 Å². The molecular formula is C18H25FN4OS. The van der Waals surface area contributed by atoms with Crippen LogP contribution in [0.25, 0.3) is 0 Å².